The van der Waals surface area contributed by atoms with Gasteiger partial charge in [-0.05, 0) is 45.1 Å². The summed E-state index contributed by atoms with van der Waals surface area (Å²) in [5.74, 6) is 1.14. The zero-order chi connectivity index (χ0) is 14.3. The first kappa shape index (κ1) is 13.3. The van der Waals surface area contributed by atoms with Crippen LogP contribution in [0.2, 0.25) is 0 Å². The second kappa shape index (κ2) is 5.13. The van der Waals surface area contributed by atoms with Crippen LogP contribution < -0.4 is 15.8 Å². The third-order valence-corrected chi connectivity index (χ3v) is 5.42. The Hall–Kier alpha value is -1.36. The lowest BCUT2D eigenvalue weighted by Gasteiger charge is -2.35. The molecule has 0 aromatic carbocycles. The van der Waals surface area contributed by atoms with E-state index in [1.54, 1.807) is 0 Å². The molecule has 4 rings (SSSR count). The molecule has 1 aromatic rings. The Balaban J connectivity index is 1.73. The van der Waals surface area contributed by atoms with Crippen molar-refractivity contribution in [2.45, 2.75) is 62.9 Å². The lowest BCUT2D eigenvalue weighted by Crippen LogP contribution is -2.31. The normalized spacial score (nSPS) is 27.0. The molecule has 1 saturated carbocycles. The van der Waals surface area contributed by atoms with Crippen molar-refractivity contribution in [1.82, 2.24) is 15.3 Å². The molecule has 21 heavy (non-hydrogen) atoms. The van der Waals surface area contributed by atoms with Gasteiger partial charge in [-0.2, -0.15) is 4.98 Å². The average molecular weight is 288 g/mol. The van der Waals surface area contributed by atoms with Crippen LogP contribution in [0.3, 0.4) is 0 Å². The summed E-state index contributed by atoms with van der Waals surface area (Å²) in [6, 6.07) is 0. The fourth-order valence-corrected chi connectivity index (χ4v) is 4.39. The Morgan fingerprint density at radius 2 is 1.95 bits per heavy atom. The number of rotatable bonds is 2. The molecule has 2 aliphatic carbocycles. The molecule has 2 fully saturated rings. The van der Waals surface area contributed by atoms with Gasteiger partial charge >= 0.3 is 0 Å². The maximum absolute atomic E-state index is 6.16. The molecule has 1 spiro atoms. The lowest BCUT2D eigenvalue weighted by atomic mass is 9.72. The third-order valence-electron chi connectivity index (χ3n) is 5.42. The number of fused-ring (bicyclic) bond motifs is 2. The summed E-state index contributed by atoms with van der Waals surface area (Å²) in [7, 11) is 0. The SMILES string of the molecule is Nc1nc(OC2CCNC2)c2c(n1)C1(CCCC1)CCC2. The van der Waals surface area contributed by atoms with Crippen molar-refractivity contribution < 1.29 is 4.74 Å². The third kappa shape index (κ3) is 2.27. The highest BCUT2D eigenvalue weighted by Gasteiger charge is 2.42. The molecule has 1 unspecified atom stereocenters. The van der Waals surface area contributed by atoms with E-state index in [1.165, 1.54) is 49.8 Å². The first-order chi connectivity index (χ1) is 10.3. The number of hydrogen-bond donors (Lipinski definition) is 2. The number of hydrogen-bond acceptors (Lipinski definition) is 5. The van der Waals surface area contributed by atoms with Crippen LogP contribution >= 0.6 is 0 Å². The molecule has 5 nitrogen and oxygen atoms in total. The van der Waals surface area contributed by atoms with E-state index < -0.39 is 0 Å². The van der Waals surface area contributed by atoms with Crippen molar-refractivity contribution in [3.05, 3.63) is 11.3 Å². The second-order valence-corrected chi connectivity index (χ2v) is 6.79. The minimum Gasteiger partial charge on any atom is -0.473 e. The summed E-state index contributed by atoms with van der Waals surface area (Å²) in [6.45, 7) is 1.93. The van der Waals surface area contributed by atoms with Crippen molar-refractivity contribution in [2.75, 3.05) is 18.8 Å². The number of nitrogens with one attached hydrogen (secondary N) is 1. The van der Waals surface area contributed by atoms with Gasteiger partial charge < -0.3 is 15.8 Å². The van der Waals surface area contributed by atoms with E-state index in [1.807, 2.05) is 0 Å². The molecule has 3 aliphatic rings. The number of ether oxygens (including phenoxy) is 1. The lowest BCUT2D eigenvalue weighted by molar-refractivity contribution is 0.208. The number of nitrogens with two attached hydrogens (primary N) is 1. The van der Waals surface area contributed by atoms with Gasteiger partial charge in [-0.25, -0.2) is 4.98 Å². The van der Waals surface area contributed by atoms with Crippen molar-refractivity contribution in [3.8, 4) is 5.88 Å². The smallest absolute Gasteiger partial charge is 0.223 e. The molecule has 3 N–H and O–H groups in total. The van der Waals surface area contributed by atoms with Gasteiger partial charge in [-0.3, -0.25) is 0 Å². The molecule has 1 saturated heterocycles. The highest BCUT2D eigenvalue weighted by atomic mass is 16.5. The van der Waals surface area contributed by atoms with E-state index in [-0.39, 0.29) is 11.5 Å². The first-order valence-electron chi connectivity index (χ1n) is 8.31. The molecule has 1 aromatic heterocycles. The van der Waals surface area contributed by atoms with Gasteiger partial charge in [-0.15, -0.1) is 0 Å². The summed E-state index contributed by atoms with van der Waals surface area (Å²) in [6.07, 6.45) is 9.90. The largest absolute Gasteiger partial charge is 0.473 e. The minimum atomic E-state index is 0.227. The average Bonchev–Trinajstić information content (AvgIpc) is 3.13. The van der Waals surface area contributed by atoms with Crippen molar-refractivity contribution in [3.63, 3.8) is 0 Å². The van der Waals surface area contributed by atoms with Gasteiger partial charge in [0.1, 0.15) is 6.10 Å². The van der Waals surface area contributed by atoms with Crippen LogP contribution in [0.1, 0.15) is 56.2 Å². The Morgan fingerprint density at radius 3 is 2.71 bits per heavy atom. The van der Waals surface area contributed by atoms with Gasteiger partial charge in [0.15, 0.2) is 0 Å². The van der Waals surface area contributed by atoms with E-state index in [9.17, 15) is 0 Å². The van der Waals surface area contributed by atoms with E-state index in [0.29, 0.717) is 5.95 Å². The van der Waals surface area contributed by atoms with Crippen LogP contribution in [0, 0.1) is 0 Å². The van der Waals surface area contributed by atoms with Crippen LogP contribution in [0.15, 0.2) is 0 Å². The number of nitrogens with zero attached hydrogens (tertiary/aromatic N) is 2. The quantitative estimate of drug-likeness (QED) is 0.870. The van der Waals surface area contributed by atoms with E-state index in [2.05, 4.69) is 15.3 Å². The van der Waals surface area contributed by atoms with Crippen LogP contribution in [-0.2, 0) is 11.8 Å². The van der Waals surface area contributed by atoms with E-state index in [4.69, 9.17) is 10.5 Å². The molecule has 1 aliphatic heterocycles. The van der Waals surface area contributed by atoms with Gasteiger partial charge in [0.2, 0.25) is 11.8 Å². The van der Waals surface area contributed by atoms with Gasteiger partial charge in [0.05, 0.1) is 5.69 Å². The fraction of sp³-hybridized carbons (Fsp3) is 0.750. The van der Waals surface area contributed by atoms with E-state index in [0.717, 1.165) is 31.8 Å². The summed E-state index contributed by atoms with van der Waals surface area (Å²) in [5, 5.41) is 3.34. The van der Waals surface area contributed by atoms with Crippen molar-refractivity contribution in [2.24, 2.45) is 0 Å². The Labute approximate surface area is 125 Å². The van der Waals surface area contributed by atoms with E-state index >= 15 is 0 Å². The molecule has 2 heterocycles. The van der Waals surface area contributed by atoms with Gasteiger partial charge in [0, 0.05) is 17.5 Å². The Kier molecular flexibility index (Phi) is 3.25. The van der Waals surface area contributed by atoms with Crippen LogP contribution in [0.5, 0.6) is 5.88 Å². The molecule has 1 atom stereocenters. The molecule has 5 heteroatoms. The number of nitrogen functional groups attached to an aromatic ring is 1. The van der Waals surface area contributed by atoms with Crippen molar-refractivity contribution >= 4 is 5.95 Å². The number of anilines is 1. The van der Waals surface area contributed by atoms with Gasteiger partial charge in [-0.1, -0.05) is 12.8 Å². The molecule has 114 valence electrons. The minimum absolute atomic E-state index is 0.227. The summed E-state index contributed by atoms with van der Waals surface area (Å²) >= 11 is 0. The highest BCUT2D eigenvalue weighted by Crippen LogP contribution is 2.49. The maximum atomic E-state index is 6.16. The van der Waals surface area contributed by atoms with Crippen molar-refractivity contribution in [1.29, 1.82) is 0 Å². The Morgan fingerprint density at radius 1 is 1.14 bits per heavy atom. The Bertz CT molecular complexity index is 533. The monoisotopic (exact) mass is 288 g/mol. The van der Waals surface area contributed by atoms with Gasteiger partial charge in [0.25, 0.3) is 0 Å². The molecule has 0 bridgehead atoms. The second-order valence-electron chi connectivity index (χ2n) is 6.79. The number of aromatic nitrogens is 2. The predicted octanol–water partition coefficient (Wildman–Crippen LogP) is 1.95. The van der Waals surface area contributed by atoms with Crippen LogP contribution in [0.25, 0.3) is 0 Å². The maximum Gasteiger partial charge on any atom is 0.223 e. The molecular weight excluding hydrogens is 264 g/mol. The standard InChI is InChI=1S/C16H24N4O/c17-15-19-13-12(4-3-8-16(13)6-1-2-7-16)14(20-15)21-11-5-9-18-10-11/h11,18H,1-10H2,(H2,17,19,20). The fourth-order valence-electron chi connectivity index (χ4n) is 4.39. The molecule has 0 radical (unpaired) electrons. The summed E-state index contributed by atoms with van der Waals surface area (Å²) < 4.78 is 6.16. The predicted molar refractivity (Wildman–Crippen MR) is 81.4 cm³/mol. The summed E-state index contributed by atoms with van der Waals surface area (Å²) in [5.41, 5.74) is 8.70. The van der Waals surface area contributed by atoms with Crippen LogP contribution in [-0.4, -0.2) is 29.2 Å². The molecule has 0 amide bonds. The highest BCUT2D eigenvalue weighted by molar-refractivity contribution is 5.42. The first-order valence-corrected chi connectivity index (χ1v) is 8.31. The van der Waals surface area contributed by atoms with Crippen LogP contribution in [0.4, 0.5) is 5.95 Å². The zero-order valence-corrected chi connectivity index (χ0v) is 12.5. The topological polar surface area (TPSA) is 73.1 Å². The summed E-state index contributed by atoms with van der Waals surface area (Å²) in [4.78, 5) is 9.08. The zero-order valence-electron chi connectivity index (χ0n) is 12.5. The molecular formula is C16H24N4O.